The van der Waals surface area contributed by atoms with Crippen LogP contribution in [0.15, 0.2) is 42.9 Å². The van der Waals surface area contributed by atoms with E-state index in [0.717, 1.165) is 30.4 Å². The molecule has 1 amide bonds. The van der Waals surface area contributed by atoms with Gasteiger partial charge in [0.25, 0.3) is 5.91 Å². The SMILES string of the molecule is O=C(c1cnc2ccccc2n1)N1CCC[C@H]1Cn1ccnn1. The summed E-state index contributed by atoms with van der Waals surface area (Å²) in [7, 11) is 0. The summed E-state index contributed by atoms with van der Waals surface area (Å²) in [6.07, 6.45) is 6.99. The van der Waals surface area contributed by atoms with Gasteiger partial charge in [0.1, 0.15) is 5.69 Å². The third-order valence-electron chi connectivity index (χ3n) is 4.18. The molecule has 0 unspecified atom stereocenters. The van der Waals surface area contributed by atoms with E-state index < -0.39 is 0 Å². The first-order valence-electron chi connectivity index (χ1n) is 7.68. The first-order valence-corrected chi connectivity index (χ1v) is 7.68. The standard InChI is InChI=1S/C16H16N6O/c23-16(15-10-17-13-5-1-2-6-14(13)19-15)22-8-3-4-12(22)11-21-9-7-18-20-21/h1-2,5-7,9-10,12H,3-4,8,11H2/t12-/m0/s1. The van der Waals surface area contributed by atoms with Crippen LogP contribution in [0.2, 0.25) is 0 Å². The molecular weight excluding hydrogens is 292 g/mol. The van der Waals surface area contributed by atoms with Crippen molar-refractivity contribution < 1.29 is 4.79 Å². The van der Waals surface area contributed by atoms with E-state index in [9.17, 15) is 4.79 Å². The van der Waals surface area contributed by atoms with Crippen LogP contribution in [-0.2, 0) is 6.54 Å². The summed E-state index contributed by atoms with van der Waals surface area (Å²) in [6, 6.07) is 7.69. The van der Waals surface area contributed by atoms with Crippen molar-refractivity contribution in [2.45, 2.75) is 25.4 Å². The highest BCUT2D eigenvalue weighted by atomic mass is 16.2. The molecule has 1 aliphatic heterocycles. The van der Waals surface area contributed by atoms with E-state index in [-0.39, 0.29) is 11.9 Å². The molecule has 0 N–H and O–H groups in total. The van der Waals surface area contributed by atoms with E-state index in [2.05, 4.69) is 20.3 Å². The number of para-hydroxylation sites is 2. The molecule has 1 saturated heterocycles. The Bertz CT molecular complexity index is 831. The van der Waals surface area contributed by atoms with E-state index in [1.807, 2.05) is 35.4 Å². The van der Waals surface area contributed by atoms with Gasteiger partial charge in [0, 0.05) is 12.7 Å². The van der Waals surface area contributed by atoms with Crippen molar-refractivity contribution in [2.75, 3.05) is 6.54 Å². The zero-order valence-electron chi connectivity index (χ0n) is 12.5. The number of likely N-dealkylation sites (tertiary alicyclic amines) is 1. The van der Waals surface area contributed by atoms with Crippen molar-refractivity contribution in [1.29, 1.82) is 0 Å². The maximum atomic E-state index is 12.8. The molecule has 0 radical (unpaired) electrons. The van der Waals surface area contributed by atoms with Gasteiger partial charge in [0.05, 0.1) is 36.0 Å². The quantitative estimate of drug-likeness (QED) is 0.733. The van der Waals surface area contributed by atoms with Crippen LogP contribution in [-0.4, -0.2) is 48.4 Å². The minimum atomic E-state index is -0.0640. The average molecular weight is 308 g/mol. The van der Waals surface area contributed by atoms with Crippen LogP contribution in [0.25, 0.3) is 11.0 Å². The molecule has 1 atom stereocenters. The monoisotopic (exact) mass is 308 g/mol. The Morgan fingerprint density at radius 3 is 2.96 bits per heavy atom. The minimum absolute atomic E-state index is 0.0640. The molecule has 0 saturated carbocycles. The molecular formula is C16H16N6O. The molecule has 1 aromatic carbocycles. The largest absolute Gasteiger partial charge is 0.332 e. The number of rotatable bonds is 3. The topological polar surface area (TPSA) is 76.8 Å². The highest BCUT2D eigenvalue weighted by molar-refractivity contribution is 5.94. The van der Waals surface area contributed by atoms with E-state index in [4.69, 9.17) is 0 Å². The number of hydrogen-bond acceptors (Lipinski definition) is 5. The molecule has 7 heteroatoms. The normalized spacial score (nSPS) is 17.7. The Hall–Kier alpha value is -2.83. The molecule has 116 valence electrons. The summed E-state index contributed by atoms with van der Waals surface area (Å²) < 4.78 is 1.77. The Balaban J connectivity index is 1.58. The van der Waals surface area contributed by atoms with Gasteiger partial charge in [0.15, 0.2) is 0 Å². The van der Waals surface area contributed by atoms with E-state index >= 15 is 0 Å². The number of carbonyl (C=O) groups excluding carboxylic acids is 1. The van der Waals surface area contributed by atoms with Crippen LogP contribution < -0.4 is 0 Å². The lowest BCUT2D eigenvalue weighted by molar-refractivity contribution is 0.0715. The second-order valence-corrected chi connectivity index (χ2v) is 5.66. The maximum absolute atomic E-state index is 12.8. The number of nitrogens with zero attached hydrogens (tertiary/aromatic N) is 6. The summed E-state index contributed by atoms with van der Waals surface area (Å²) >= 11 is 0. The Kier molecular flexibility index (Phi) is 3.45. The van der Waals surface area contributed by atoms with Crippen LogP contribution in [0, 0.1) is 0 Å². The number of fused-ring (bicyclic) bond motifs is 1. The maximum Gasteiger partial charge on any atom is 0.274 e. The molecule has 3 aromatic rings. The molecule has 1 aliphatic rings. The predicted molar refractivity (Wildman–Crippen MR) is 83.6 cm³/mol. The molecule has 23 heavy (non-hydrogen) atoms. The molecule has 4 rings (SSSR count). The van der Waals surface area contributed by atoms with E-state index in [0.29, 0.717) is 12.2 Å². The third kappa shape index (κ3) is 2.65. The van der Waals surface area contributed by atoms with Crippen LogP contribution in [0.4, 0.5) is 0 Å². The lowest BCUT2D eigenvalue weighted by Gasteiger charge is -2.24. The molecule has 2 aromatic heterocycles. The summed E-state index contributed by atoms with van der Waals surface area (Å²) in [5.74, 6) is -0.0640. The first kappa shape index (κ1) is 13.8. The summed E-state index contributed by atoms with van der Waals surface area (Å²) in [5, 5.41) is 7.80. The third-order valence-corrected chi connectivity index (χ3v) is 4.18. The van der Waals surface area contributed by atoms with Crippen molar-refractivity contribution in [2.24, 2.45) is 0 Å². The second kappa shape index (κ2) is 5.75. The highest BCUT2D eigenvalue weighted by Crippen LogP contribution is 2.21. The highest BCUT2D eigenvalue weighted by Gasteiger charge is 2.30. The Morgan fingerprint density at radius 1 is 1.26 bits per heavy atom. The fourth-order valence-corrected chi connectivity index (χ4v) is 3.05. The van der Waals surface area contributed by atoms with Crippen LogP contribution in [0.5, 0.6) is 0 Å². The number of hydrogen-bond donors (Lipinski definition) is 0. The lowest BCUT2D eigenvalue weighted by Crippen LogP contribution is -2.38. The van der Waals surface area contributed by atoms with Gasteiger partial charge >= 0.3 is 0 Å². The molecule has 1 fully saturated rings. The van der Waals surface area contributed by atoms with Crippen molar-refractivity contribution >= 4 is 16.9 Å². The minimum Gasteiger partial charge on any atom is -0.332 e. The van der Waals surface area contributed by atoms with Crippen LogP contribution in [0.3, 0.4) is 0 Å². The van der Waals surface area contributed by atoms with Gasteiger partial charge in [-0.05, 0) is 25.0 Å². The van der Waals surface area contributed by atoms with Crippen molar-refractivity contribution in [3.8, 4) is 0 Å². The molecule has 0 aliphatic carbocycles. The molecule has 7 nitrogen and oxygen atoms in total. The Morgan fingerprint density at radius 2 is 2.13 bits per heavy atom. The zero-order valence-corrected chi connectivity index (χ0v) is 12.5. The number of aromatic nitrogens is 5. The summed E-state index contributed by atoms with van der Waals surface area (Å²) in [6.45, 7) is 1.40. The zero-order chi connectivity index (χ0) is 15.6. The summed E-state index contributed by atoms with van der Waals surface area (Å²) in [5.41, 5.74) is 1.93. The smallest absolute Gasteiger partial charge is 0.274 e. The Labute approximate surface area is 133 Å². The van der Waals surface area contributed by atoms with Crippen LogP contribution in [0.1, 0.15) is 23.3 Å². The van der Waals surface area contributed by atoms with Crippen LogP contribution >= 0.6 is 0 Å². The van der Waals surface area contributed by atoms with Gasteiger partial charge in [-0.25, -0.2) is 4.98 Å². The molecule has 0 bridgehead atoms. The fraction of sp³-hybridized carbons (Fsp3) is 0.312. The fourth-order valence-electron chi connectivity index (χ4n) is 3.05. The molecule has 0 spiro atoms. The van der Waals surface area contributed by atoms with Gasteiger partial charge < -0.3 is 4.90 Å². The number of amides is 1. The summed E-state index contributed by atoms with van der Waals surface area (Å²) in [4.78, 5) is 23.5. The van der Waals surface area contributed by atoms with E-state index in [1.165, 1.54) is 0 Å². The predicted octanol–water partition coefficient (Wildman–Crippen LogP) is 1.53. The first-order chi connectivity index (χ1) is 11.3. The number of benzene rings is 1. The van der Waals surface area contributed by atoms with Gasteiger partial charge in [0.2, 0.25) is 0 Å². The van der Waals surface area contributed by atoms with Gasteiger partial charge in [-0.15, -0.1) is 5.10 Å². The van der Waals surface area contributed by atoms with Gasteiger partial charge in [-0.1, -0.05) is 17.3 Å². The number of carbonyl (C=O) groups is 1. The van der Waals surface area contributed by atoms with Crippen molar-refractivity contribution in [3.05, 3.63) is 48.5 Å². The van der Waals surface area contributed by atoms with Gasteiger partial charge in [-0.3, -0.25) is 14.5 Å². The van der Waals surface area contributed by atoms with Crippen molar-refractivity contribution in [1.82, 2.24) is 29.9 Å². The van der Waals surface area contributed by atoms with Crippen molar-refractivity contribution in [3.63, 3.8) is 0 Å². The lowest BCUT2D eigenvalue weighted by atomic mass is 10.2. The average Bonchev–Trinajstić information content (AvgIpc) is 3.26. The van der Waals surface area contributed by atoms with E-state index in [1.54, 1.807) is 17.1 Å². The second-order valence-electron chi connectivity index (χ2n) is 5.66. The van der Waals surface area contributed by atoms with Gasteiger partial charge in [-0.2, -0.15) is 0 Å². The molecule has 3 heterocycles.